The largest absolute Gasteiger partial charge is 0.512 e. The number of aromatic nitrogens is 2. The Bertz CT molecular complexity index is 1510. The number of anilines is 1. The zero-order chi connectivity index (χ0) is 32.4. The number of hydrogen-bond donors (Lipinski definition) is 5. The molecule has 1 aliphatic rings. The van der Waals surface area contributed by atoms with Crippen molar-refractivity contribution in [1.82, 2.24) is 20.2 Å². The normalized spacial score (nSPS) is 15.2. The number of benzene rings is 2. The summed E-state index contributed by atoms with van der Waals surface area (Å²) in [5.41, 5.74) is 0.944. The summed E-state index contributed by atoms with van der Waals surface area (Å²) in [6, 6.07) is 11.1. The van der Waals surface area contributed by atoms with Gasteiger partial charge < -0.3 is 35.1 Å². The Morgan fingerprint density at radius 3 is 2.60 bits per heavy atom. The first-order valence-electron chi connectivity index (χ1n) is 15.4. The fourth-order valence-corrected chi connectivity index (χ4v) is 4.85. The SMILES string of the molecule is CC/C=C(\NC(=N)/C=C(\O)C(C)(C)C)Nc1cccc(Oc2ncnc3cc(OC)c(OCCN4CCC(CO)CC4)cc23)c1. The molecule has 0 saturated carbocycles. The molecule has 0 radical (unpaired) electrons. The highest BCUT2D eigenvalue weighted by Gasteiger charge is 2.19. The maximum Gasteiger partial charge on any atom is 0.230 e. The van der Waals surface area contributed by atoms with Crippen molar-refractivity contribution < 1.29 is 24.4 Å². The van der Waals surface area contributed by atoms with Crippen LogP contribution < -0.4 is 24.8 Å². The van der Waals surface area contributed by atoms with Crippen molar-refractivity contribution in [3.05, 3.63) is 66.5 Å². The number of likely N-dealkylation sites (tertiary alicyclic amines) is 1. The molecule has 0 atom stereocenters. The van der Waals surface area contributed by atoms with Crippen LogP contribution in [0.1, 0.15) is 47.0 Å². The summed E-state index contributed by atoms with van der Waals surface area (Å²) >= 11 is 0. The Balaban J connectivity index is 1.47. The number of aliphatic hydroxyl groups excluding tert-OH is 2. The molecular weight excluding hydrogens is 572 g/mol. The third-order valence-corrected chi connectivity index (χ3v) is 7.57. The predicted molar refractivity (Wildman–Crippen MR) is 177 cm³/mol. The summed E-state index contributed by atoms with van der Waals surface area (Å²) in [4.78, 5) is 11.2. The number of amidine groups is 1. The van der Waals surface area contributed by atoms with Gasteiger partial charge in [0.05, 0.1) is 18.0 Å². The van der Waals surface area contributed by atoms with Gasteiger partial charge in [-0.15, -0.1) is 0 Å². The van der Waals surface area contributed by atoms with Crippen LogP contribution in [0.5, 0.6) is 23.1 Å². The van der Waals surface area contributed by atoms with Gasteiger partial charge in [0.15, 0.2) is 11.5 Å². The van der Waals surface area contributed by atoms with Crippen LogP contribution >= 0.6 is 0 Å². The quantitative estimate of drug-likeness (QED) is 0.0849. The third kappa shape index (κ3) is 9.57. The van der Waals surface area contributed by atoms with Crippen molar-refractivity contribution in [1.29, 1.82) is 5.41 Å². The Morgan fingerprint density at radius 1 is 1.13 bits per heavy atom. The molecule has 1 fully saturated rings. The number of nitrogens with one attached hydrogen (secondary N) is 3. The Labute approximate surface area is 265 Å². The van der Waals surface area contributed by atoms with E-state index in [0.717, 1.165) is 44.6 Å². The summed E-state index contributed by atoms with van der Waals surface area (Å²) in [6.07, 6.45) is 7.53. The third-order valence-electron chi connectivity index (χ3n) is 7.57. The first kappa shape index (κ1) is 33.5. The van der Waals surface area contributed by atoms with Gasteiger partial charge in [-0.2, -0.15) is 0 Å². The minimum Gasteiger partial charge on any atom is -0.512 e. The zero-order valence-corrected chi connectivity index (χ0v) is 26.9. The van der Waals surface area contributed by atoms with Crippen LogP contribution in [0.15, 0.2) is 66.5 Å². The molecule has 242 valence electrons. The highest BCUT2D eigenvalue weighted by Crippen LogP contribution is 2.36. The Kier molecular flexibility index (Phi) is 11.6. The van der Waals surface area contributed by atoms with Crippen LogP contribution in [0.4, 0.5) is 5.69 Å². The lowest BCUT2D eigenvalue weighted by Gasteiger charge is -2.30. The van der Waals surface area contributed by atoms with Crippen LogP contribution in [-0.4, -0.2) is 70.9 Å². The van der Waals surface area contributed by atoms with Gasteiger partial charge in [0, 0.05) is 42.5 Å². The van der Waals surface area contributed by atoms with Crippen molar-refractivity contribution in [2.75, 3.05) is 45.3 Å². The number of piperidine rings is 1. The zero-order valence-electron chi connectivity index (χ0n) is 26.9. The maximum absolute atomic E-state index is 10.3. The summed E-state index contributed by atoms with van der Waals surface area (Å²) in [7, 11) is 1.60. The molecule has 2 heterocycles. The molecule has 2 aromatic carbocycles. The first-order chi connectivity index (χ1) is 21.6. The van der Waals surface area contributed by atoms with E-state index in [-0.39, 0.29) is 18.2 Å². The molecule has 0 bridgehead atoms. The van der Waals surface area contributed by atoms with Crippen LogP contribution in [0.3, 0.4) is 0 Å². The summed E-state index contributed by atoms with van der Waals surface area (Å²) in [6.45, 7) is 11.1. The summed E-state index contributed by atoms with van der Waals surface area (Å²) in [5.74, 6) is 3.29. The van der Waals surface area contributed by atoms with Crippen LogP contribution in [-0.2, 0) is 0 Å². The predicted octanol–water partition coefficient (Wildman–Crippen LogP) is 6.23. The van der Waals surface area contributed by atoms with Gasteiger partial charge in [-0.1, -0.05) is 33.8 Å². The molecule has 5 N–H and O–H groups in total. The number of rotatable bonds is 13. The molecule has 11 heteroatoms. The molecule has 0 amide bonds. The standard InChI is InChI=1S/C34H46N6O5/c1-6-8-32(39-31(35)20-30(42)34(2,3)4)38-24-9-7-10-25(17-24)45-33-26-18-29(28(43-5)19-27(26)36-22-37-33)44-16-15-40-13-11-23(21-41)12-14-40/h7-10,17-20,22-23,38,41-42H,6,11-16,21H2,1-5H3,(H2,35,39)/b30-20-,32-8-. The summed E-state index contributed by atoms with van der Waals surface area (Å²) in [5, 5.41) is 35.0. The van der Waals surface area contributed by atoms with E-state index in [2.05, 4.69) is 25.5 Å². The van der Waals surface area contributed by atoms with Crippen molar-refractivity contribution >= 4 is 22.4 Å². The molecule has 1 aliphatic heterocycles. The lowest BCUT2D eigenvalue weighted by atomic mass is 9.93. The van der Waals surface area contributed by atoms with Gasteiger partial charge in [-0.3, -0.25) is 10.3 Å². The second-order valence-electron chi connectivity index (χ2n) is 12.1. The molecule has 4 rings (SSSR count). The number of ether oxygens (including phenoxy) is 3. The molecular formula is C34H46N6O5. The molecule has 11 nitrogen and oxygen atoms in total. The molecule has 1 saturated heterocycles. The van der Waals surface area contributed by atoms with E-state index in [1.165, 1.54) is 12.4 Å². The molecule has 1 aromatic heterocycles. The van der Waals surface area contributed by atoms with Crippen LogP contribution in [0.25, 0.3) is 10.9 Å². The molecule has 45 heavy (non-hydrogen) atoms. The monoisotopic (exact) mass is 618 g/mol. The Hall–Kier alpha value is -4.35. The number of hydrogen-bond acceptors (Lipinski definition) is 10. The van der Waals surface area contributed by atoms with E-state index < -0.39 is 5.41 Å². The average molecular weight is 619 g/mol. The Morgan fingerprint density at radius 2 is 1.91 bits per heavy atom. The fraction of sp³-hybridized carbons (Fsp3) is 0.441. The van der Waals surface area contributed by atoms with E-state index >= 15 is 0 Å². The van der Waals surface area contributed by atoms with E-state index in [1.54, 1.807) is 7.11 Å². The van der Waals surface area contributed by atoms with Gasteiger partial charge in [0.2, 0.25) is 5.88 Å². The van der Waals surface area contributed by atoms with Crippen molar-refractivity contribution in [3.63, 3.8) is 0 Å². The lowest BCUT2D eigenvalue weighted by Crippen LogP contribution is -2.37. The molecule has 0 spiro atoms. The van der Waals surface area contributed by atoms with E-state index in [9.17, 15) is 10.2 Å². The van der Waals surface area contributed by atoms with E-state index in [1.807, 2.05) is 70.2 Å². The van der Waals surface area contributed by atoms with Crippen LogP contribution in [0.2, 0.25) is 0 Å². The minimum atomic E-state index is -0.455. The van der Waals surface area contributed by atoms with Gasteiger partial charge in [-0.25, -0.2) is 9.97 Å². The van der Waals surface area contributed by atoms with Crippen molar-refractivity contribution in [3.8, 4) is 23.1 Å². The molecule has 0 unspecified atom stereocenters. The number of nitrogens with zero attached hydrogens (tertiary/aromatic N) is 3. The summed E-state index contributed by atoms with van der Waals surface area (Å²) < 4.78 is 18.0. The maximum atomic E-state index is 10.3. The molecule has 3 aromatic rings. The number of aliphatic hydroxyl groups is 2. The van der Waals surface area contributed by atoms with Gasteiger partial charge in [0.25, 0.3) is 0 Å². The van der Waals surface area contributed by atoms with Gasteiger partial charge in [-0.05, 0) is 62.5 Å². The van der Waals surface area contributed by atoms with Crippen LogP contribution in [0, 0.1) is 16.7 Å². The van der Waals surface area contributed by atoms with Crippen molar-refractivity contribution in [2.45, 2.75) is 47.0 Å². The second-order valence-corrected chi connectivity index (χ2v) is 12.1. The number of fused-ring (bicyclic) bond motifs is 1. The van der Waals surface area contributed by atoms with Crippen molar-refractivity contribution in [2.24, 2.45) is 11.3 Å². The van der Waals surface area contributed by atoms with Gasteiger partial charge in [0.1, 0.15) is 36.1 Å². The fourth-order valence-electron chi connectivity index (χ4n) is 4.85. The highest BCUT2D eigenvalue weighted by molar-refractivity contribution is 5.92. The smallest absolute Gasteiger partial charge is 0.230 e. The topological polar surface area (TPSA) is 145 Å². The first-order valence-corrected chi connectivity index (χ1v) is 15.4. The minimum absolute atomic E-state index is 0.0641. The highest BCUT2D eigenvalue weighted by atomic mass is 16.5. The van der Waals surface area contributed by atoms with Gasteiger partial charge >= 0.3 is 0 Å². The number of methoxy groups -OCH3 is 1. The lowest BCUT2D eigenvalue weighted by molar-refractivity contribution is 0.118. The second kappa shape index (κ2) is 15.6. The van der Waals surface area contributed by atoms with E-state index in [4.69, 9.17) is 19.6 Å². The average Bonchev–Trinajstić information content (AvgIpc) is 3.01. The molecule has 0 aliphatic carbocycles. The number of allylic oxidation sites excluding steroid dienone is 2. The van der Waals surface area contributed by atoms with E-state index in [0.29, 0.717) is 52.4 Å².